The molecule has 0 radical (unpaired) electrons. The first-order chi connectivity index (χ1) is 17.2. The van der Waals surface area contributed by atoms with Crippen molar-refractivity contribution in [3.8, 4) is 5.75 Å². The Morgan fingerprint density at radius 2 is 1.94 bits per heavy atom. The molecule has 5 rings (SSSR count). The fourth-order valence-electron chi connectivity index (χ4n) is 4.50. The maximum absolute atomic E-state index is 13.4. The molecule has 178 valence electrons. The van der Waals surface area contributed by atoms with Gasteiger partial charge in [-0.2, -0.15) is 0 Å². The van der Waals surface area contributed by atoms with E-state index in [1.54, 1.807) is 24.4 Å². The number of fused-ring (bicyclic) bond motifs is 1. The van der Waals surface area contributed by atoms with Crippen molar-refractivity contribution in [3.05, 3.63) is 108 Å². The Hall–Kier alpha value is -3.77. The minimum atomic E-state index is -0.279. The number of aromatic nitrogens is 1. The Labute approximate surface area is 204 Å². The third-order valence-electron chi connectivity index (χ3n) is 6.31. The molecule has 1 aromatic heterocycles. The third kappa shape index (κ3) is 5.66. The summed E-state index contributed by atoms with van der Waals surface area (Å²) in [5.41, 5.74) is 2.66. The lowest BCUT2D eigenvalue weighted by atomic mass is 9.95. The first-order valence-electron chi connectivity index (χ1n) is 11.8. The van der Waals surface area contributed by atoms with Crippen LogP contribution in [0.2, 0.25) is 0 Å². The number of carbonyl (C=O) groups excluding carboxylic acids is 1. The van der Waals surface area contributed by atoms with Crippen LogP contribution in [0.4, 0.5) is 4.39 Å². The smallest absolute Gasteiger partial charge is 0.254 e. The number of hydrogen-bond donors (Lipinski definition) is 0. The SMILES string of the molecule is O=C(c1cccc(OCc2ccc(F)cc2)c1)N1CCOC[C@@H](Cc2cccc3ccncc23)C1. The highest BCUT2D eigenvalue weighted by Gasteiger charge is 2.24. The average Bonchev–Trinajstić information content (AvgIpc) is 3.14. The number of pyridine rings is 1. The number of ether oxygens (including phenoxy) is 2. The van der Waals surface area contributed by atoms with Gasteiger partial charge < -0.3 is 14.4 Å². The van der Waals surface area contributed by atoms with Crippen LogP contribution in [-0.2, 0) is 17.8 Å². The van der Waals surface area contributed by atoms with Crippen LogP contribution in [0, 0.1) is 11.7 Å². The number of hydrogen-bond acceptors (Lipinski definition) is 4. The van der Waals surface area contributed by atoms with Crippen molar-refractivity contribution in [2.24, 2.45) is 5.92 Å². The van der Waals surface area contributed by atoms with E-state index in [2.05, 4.69) is 23.2 Å². The van der Waals surface area contributed by atoms with Gasteiger partial charge in [0.15, 0.2) is 0 Å². The summed E-state index contributed by atoms with van der Waals surface area (Å²) in [4.78, 5) is 19.6. The topological polar surface area (TPSA) is 51.7 Å². The minimum Gasteiger partial charge on any atom is -0.489 e. The van der Waals surface area contributed by atoms with E-state index >= 15 is 0 Å². The number of carbonyl (C=O) groups is 1. The standard InChI is InChI=1S/C29H27FN2O3/c30-26-9-7-21(8-10-26)20-35-27-6-2-5-25(16-27)29(33)32-13-14-34-19-22(18-32)15-24-4-1-3-23-11-12-31-17-28(23)24/h1-12,16-17,22H,13-15,18-20H2/t22-/m0/s1. The van der Waals surface area contributed by atoms with Crippen molar-refractivity contribution in [1.82, 2.24) is 9.88 Å². The molecule has 1 aliphatic rings. The zero-order chi connectivity index (χ0) is 24.0. The monoisotopic (exact) mass is 470 g/mol. The molecule has 4 aromatic rings. The number of halogens is 1. The second kappa shape index (κ2) is 10.7. The maximum atomic E-state index is 13.4. The van der Waals surface area contributed by atoms with Crippen LogP contribution in [0.5, 0.6) is 5.75 Å². The molecule has 1 fully saturated rings. The maximum Gasteiger partial charge on any atom is 0.254 e. The van der Waals surface area contributed by atoms with Gasteiger partial charge in [0, 0.05) is 42.4 Å². The Kier molecular flexibility index (Phi) is 7.00. The van der Waals surface area contributed by atoms with Gasteiger partial charge in [-0.05, 0) is 59.3 Å². The van der Waals surface area contributed by atoms with Gasteiger partial charge in [-0.15, -0.1) is 0 Å². The molecule has 6 heteroatoms. The first kappa shape index (κ1) is 23.0. The molecule has 5 nitrogen and oxygen atoms in total. The van der Waals surface area contributed by atoms with Gasteiger partial charge in [-0.25, -0.2) is 4.39 Å². The summed E-state index contributed by atoms with van der Waals surface area (Å²) in [6.45, 7) is 2.60. The second-order valence-corrected chi connectivity index (χ2v) is 8.85. The van der Waals surface area contributed by atoms with Gasteiger partial charge in [-0.1, -0.05) is 36.4 Å². The highest BCUT2D eigenvalue weighted by Crippen LogP contribution is 2.23. The molecule has 0 spiro atoms. The van der Waals surface area contributed by atoms with Crippen LogP contribution >= 0.6 is 0 Å². The van der Waals surface area contributed by atoms with Crippen LogP contribution in [0.15, 0.2) is 85.2 Å². The predicted octanol–water partition coefficient (Wildman–Crippen LogP) is 5.28. The Morgan fingerprint density at radius 3 is 2.83 bits per heavy atom. The van der Waals surface area contributed by atoms with E-state index in [0.717, 1.165) is 22.8 Å². The molecule has 1 atom stereocenters. The van der Waals surface area contributed by atoms with Crippen molar-refractivity contribution < 1.29 is 18.7 Å². The number of amides is 1. The molecule has 0 saturated carbocycles. The molecule has 1 aliphatic heterocycles. The van der Waals surface area contributed by atoms with Gasteiger partial charge in [0.25, 0.3) is 5.91 Å². The van der Waals surface area contributed by atoms with Gasteiger partial charge >= 0.3 is 0 Å². The van der Waals surface area contributed by atoms with Crippen molar-refractivity contribution in [3.63, 3.8) is 0 Å². The minimum absolute atomic E-state index is 0.0349. The summed E-state index contributed by atoms with van der Waals surface area (Å²) in [6, 6.07) is 21.7. The number of benzene rings is 3. The zero-order valence-electron chi connectivity index (χ0n) is 19.4. The summed E-state index contributed by atoms with van der Waals surface area (Å²) in [5, 5.41) is 2.31. The third-order valence-corrected chi connectivity index (χ3v) is 6.31. The highest BCUT2D eigenvalue weighted by molar-refractivity contribution is 5.94. The summed E-state index contributed by atoms with van der Waals surface area (Å²) in [7, 11) is 0. The lowest BCUT2D eigenvalue weighted by Crippen LogP contribution is -2.36. The van der Waals surface area contributed by atoms with E-state index in [-0.39, 0.29) is 17.6 Å². The summed E-state index contributed by atoms with van der Waals surface area (Å²) in [6.07, 6.45) is 4.52. The fourth-order valence-corrected chi connectivity index (χ4v) is 4.50. The molecular weight excluding hydrogens is 443 g/mol. The van der Waals surface area contributed by atoms with Crippen LogP contribution < -0.4 is 4.74 Å². The van der Waals surface area contributed by atoms with Crippen LogP contribution in [0.3, 0.4) is 0 Å². The molecule has 1 saturated heterocycles. The predicted molar refractivity (Wildman–Crippen MR) is 133 cm³/mol. The van der Waals surface area contributed by atoms with Crippen molar-refractivity contribution >= 4 is 16.7 Å². The summed E-state index contributed by atoms with van der Waals surface area (Å²) >= 11 is 0. The Morgan fingerprint density at radius 1 is 1.09 bits per heavy atom. The van der Waals surface area contributed by atoms with E-state index in [0.29, 0.717) is 44.2 Å². The van der Waals surface area contributed by atoms with Crippen molar-refractivity contribution in [2.45, 2.75) is 13.0 Å². The average molecular weight is 471 g/mol. The van der Waals surface area contributed by atoms with E-state index in [1.807, 2.05) is 35.4 Å². The van der Waals surface area contributed by atoms with E-state index in [1.165, 1.54) is 17.7 Å². The van der Waals surface area contributed by atoms with Crippen LogP contribution in [-0.4, -0.2) is 42.1 Å². The van der Waals surface area contributed by atoms with Gasteiger partial charge in [0.2, 0.25) is 0 Å². The highest BCUT2D eigenvalue weighted by atomic mass is 19.1. The normalized spacial score (nSPS) is 16.1. The van der Waals surface area contributed by atoms with Crippen LogP contribution in [0.1, 0.15) is 21.5 Å². The summed E-state index contributed by atoms with van der Waals surface area (Å²) < 4.78 is 24.8. The Balaban J connectivity index is 1.27. The van der Waals surface area contributed by atoms with Gasteiger partial charge in [-0.3, -0.25) is 9.78 Å². The largest absolute Gasteiger partial charge is 0.489 e. The number of nitrogens with zero attached hydrogens (tertiary/aromatic N) is 2. The lowest BCUT2D eigenvalue weighted by Gasteiger charge is -2.24. The van der Waals surface area contributed by atoms with Crippen LogP contribution in [0.25, 0.3) is 10.8 Å². The molecule has 0 aliphatic carbocycles. The fraction of sp³-hybridized carbons (Fsp3) is 0.241. The molecule has 2 heterocycles. The molecule has 3 aromatic carbocycles. The zero-order valence-corrected chi connectivity index (χ0v) is 19.4. The van der Waals surface area contributed by atoms with Gasteiger partial charge in [0.1, 0.15) is 18.2 Å². The second-order valence-electron chi connectivity index (χ2n) is 8.85. The van der Waals surface area contributed by atoms with E-state index in [4.69, 9.17) is 9.47 Å². The Bertz CT molecular complexity index is 1300. The molecule has 0 N–H and O–H groups in total. The molecular formula is C29H27FN2O3. The van der Waals surface area contributed by atoms with Crippen molar-refractivity contribution in [2.75, 3.05) is 26.3 Å². The summed E-state index contributed by atoms with van der Waals surface area (Å²) in [5.74, 6) is 0.474. The molecule has 35 heavy (non-hydrogen) atoms. The lowest BCUT2D eigenvalue weighted by molar-refractivity contribution is 0.0737. The quantitative estimate of drug-likeness (QED) is 0.385. The molecule has 1 amide bonds. The molecule has 0 unspecified atom stereocenters. The molecule has 0 bridgehead atoms. The number of rotatable bonds is 6. The van der Waals surface area contributed by atoms with E-state index < -0.39 is 0 Å². The van der Waals surface area contributed by atoms with Gasteiger partial charge in [0.05, 0.1) is 13.2 Å². The van der Waals surface area contributed by atoms with E-state index in [9.17, 15) is 9.18 Å². The van der Waals surface area contributed by atoms with Crippen molar-refractivity contribution in [1.29, 1.82) is 0 Å². The first-order valence-corrected chi connectivity index (χ1v) is 11.8.